The van der Waals surface area contributed by atoms with E-state index in [4.69, 9.17) is 11.6 Å². The third-order valence-corrected chi connectivity index (χ3v) is 6.44. The van der Waals surface area contributed by atoms with Crippen molar-refractivity contribution in [3.05, 3.63) is 116 Å². The van der Waals surface area contributed by atoms with Crippen LogP contribution in [0.15, 0.2) is 84.5 Å². The number of carbonyl (C=O) groups excluding carboxylic acids is 2. The molecular formula is C25H15ClN4O4S. The van der Waals surface area contributed by atoms with Crippen molar-refractivity contribution < 1.29 is 14.5 Å². The molecule has 10 heteroatoms. The molecule has 0 spiro atoms. The Balaban J connectivity index is 1.38. The van der Waals surface area contributed by atoms with E-state index in [9.17, 15) is 19.7 Å². The highest BCUT2D eigenvalue weighted by Crippen LogP contribution is 2.27. The number of imidazole rings is 1. The molecule has 0 saturated heterocycles. The lowest BCUT2D eigenvalue weighted by molar-refractivity contribution is -0.384. The van der Waals surface area contributed by atoms with Gasteiger partial charge in [0.05, 0.1) is 16.2 Å². The van der Waals surface area contributed by atoms with Crippen LogP contribution in [0.1, 0.15) is 26.3 Å². The molecule has 35 heavy (non-hydrogen) atoms. The predicted octanol–water partition coefficient (Wildman–Crippen LogP) is 6.11. The summed E-state index contributed by atoms with van der Waals surface area (Å²) < 4.78 is 1.94. The first kappa shape index (κ1) is 22.5. The van der Waals surface area contributed by atoms with Gasteiger partial charge in [0.15, 0.2) is 10.7 Å². The van der Waals surface area contributed by atoms with Crippen molar-refractivity contribution in [3.8, 4) is 11.3 Å². The summed E-state index contributed by atoms with van der Waals surface area (Å²) in [5, 5.41) is 15.9. The Morgan fingerprint density at radius 1 is 1.03 bits per heavy atom. The molecule has 0 saturated carbocycles. The number of hydrogen-bond donors (Lipinski definition) is 1. The number of nitrogens with zero attached hydrogens (tertiary/aromatic N) is 3. The van der Waals surface area contributed by atoms with E-state index in [2.05, 4.69) is 10.3 Å². The first-order valence-electron chi connectivity index (χ1n) is 10.3. The molecule has 5 aromatic rings. The molecule has 0 radical (unpaired) electrons. The fourth-order valence-corrected chi connectivity index (χ4v) is 4.50. The number of anilines is 1. The number of thiazole rings is 1. The van der Waals surface area contributed by atoms with E-state index in [1.165, 1.54) is 24.3 Å². The lowest BCUT2D eigenvalue weighted by atomic mass is 9.97. The van der Waals surface area contributed by atoms with Crippen molar-refractivity contribution in [1.82, 2.24) is 9.38 Å². The van der Waals surface area contributed by atoms with Crippen LogP contribution in [0.25, 0.3) is 16.2 Å². The number of nitrogens with one attached hydrogen (secondary N) is 1. The van der Waals surface area contributed by atoms with Gasteiger partial charge in [-0.3, -0.25) is 24.1 Å². The Morgan fingerprint density at radius 3 is 2.49 bits per heavy atom. The van der Waals surface area contributed by atoms with Crippen LogP contribution in [0.5, 0.6) is 0 Å². The second kappa shape index (κ2) is 9.13. The summed E-state index contributed by atoms with van der Waals surface area (Å²) in [7, 11) is 0. The quantitative estimate of drug-likeness (QED) is 0.171. The van der Waals surface area contributed by atoms with Gasteiger partial charge in [0.25, 0.3) is 11.6 Å². The number of amides is 1. The van der Waals surface area contributed by atoms with Crippen molar-refractivity contribution >= 4 is 51.0 Å². The molecule has 8 nitrogen and oxygen atoms in total. The van der Waals surface area contributed by atoms with Crippen LogP contribution < -0.4 is 5.32 Å². The van der Waals surface area contributed by atoms with Crippen molar-refractivity contribution in [2.75, 3.05) is 5.32 Å². The van der Waals surface area contributed by atoms with Gasteiger partial charge in [-0.15, -0.1) is 11.3 Å². The number of fused-ring (bicyclic) bond motifs is 1. The highest BCUT2D eigenvalue weighted by molar-refractivity contribution is 7.15. The second-order valence-corrected chi connectivity index (χ2v) is 8.83. The number of nitro benzene ring substituents is 1. The second-order valence-electron chi connectivity index (χ2n) is 7.55. The smallest absolute Gasteiger partial charge is 0.288 e. The number of hydrogen-bond acceptors (Lipinski definition) is 6. The van der Waals surface area contributed by atoms with Crippen molar-refractivity contribution in [1.29, 1.82) is 0 Å². The first-order valence-corrected chi connectivity index (χ1v) is 11.6. The number of aromatic nitrogens is 2. The molecule has 0 unspecified atom stereocenters. The van der Waals surface area contributed by atoms with E-state index in [-0.39, 0.29) is 27.4 Å². The molecule has 2 heterocycles. The van der Waals surface area contributed by atoms with Crippen LogP contribution in [0.3, 0.4) is 0 Å². The summed E-state index contributed by atoms with van der Waals surface area (Å²) >= 11 is 7.40. The van der Waals surface area contributed by atoms with Gasteiger partial charge >= 0.3 is 0 Å². The summed E-state index contributed by atoms with van der Waals surface area (Å²) in [6.45, 7) is 0. The van der Waals surface area contributed by atoms with Gasteiger partial charge in [-0.05, 0) is 30.3 Å². The van der Waals surface area contributed by atoms with Crippen LogP contribution >= 0.6 is 22.9 Å². The zero-order valence-corrected chi connectivity index (χ0v) is 19.4. The van der Waals surface area contributed by atoms with Gasteiger partial charge in [0.1, 0.15) is 5.02 Å². The molecular weight excluding hydrogens is 488 g/mol. The lowest BCUT2D eigenvalue weighted by Crippen LogP contribution is -2.17. The first-order chi connectivity index (χ1) is 16.9. The van der Waals surface area contributed by atoms with Crippen LogP contribution in [0.4, 0.5) is 11.4 Å². The molecule has 0 fully saturated rings. The Morgan fingerprint density at radius 2 is 1.77 bits per heavy atom. The number of nitro groups is 1. The molecule has 0 aliphatic rings. The standard InChI is InChI=1S/C25H15ClN4O4S/c26-20-10-7-16(13-22(20)30(33)34)23(31)18-3-1-2-4-19(18)24(32)27-17-8-5-15(6-9-17)21-14-29-11-12-35-25(29)28-21/h1-14H,(H,27,32). The number of halogens is 1. The van der Waals surface area contributed by atoms with E-state index >= 15 is 0 Å². The van der Waals surface area contributed by atoms with Crippen LogP contribution in [0, 0.1) is 10.1 Å². The maximum absolute atomic E-state index is 13.1. The molecule has 1 N–H and O–H groups in total. The fourth-order valence-electron chi connectivity index (χ4n) is 3.62. The number of rotatable bonds is 6. The minimum absolute atomic E-state index is 0.0608. The van der Waals surface area contributed by atoms with Crippen molar-refractivity contribution in [3.63, 3.8) is 0 Å². The Bertz CT molecular complexity index is 1580. The minimum Gasteiger partial charge on any atom is -0.322 e. The fraction of sp³-hybridized carbons (Fsp3) is 0. The van der Waals surface area contributed by atoms with E-state index in [0.717, 1.165) is 22.3 Å². The summed E-state index contributed by atoms with van der Waals surface area (Å²) in [5.74, 6) is -1.00. The number of carbonyl (C=O) groups is 2. The third kappa shape index (κ3) is 4.42. The van der Waals surface area contributed by atoms with E-state index in [1.807, 2.05) is 34.3 Å². The Kier molecular flexibility index (Phi) is 5.86. The highest BCUT2D eigenvalue weighted by atomic mass is 35.5. The summed E-state index contributed by atoms with van der Waals surface area (Å²) in [6, 6.07) is 17.3. The Hall–Kier alpha value is -4.34. The maximum atomic E-state index is 13.1. The summed E-state index contributed by atoms with van der Waals surface area (Å²) in [6.07, 6.45) is 3.87. The molecule has 1 amide bonds. The Labute approximate surface area is 207 Å². The van der Waals surface area contributed by atoms with Crippen molar-refractivity contribution in [2.45, 2.75) is 0 Å². The van der Waals surface area contributed by atoms with Crippen LogP contribution in [-0.2, 0) is 0 Å². The molecule has 0 aliphatic heterocycles. The third-order valence-electron chi connectivity index (χ3n) is 5.35. The molecule has 172 valence electrons. The normalized spacial score (nSPS) is 10.9. The molecule has 3 aromatic carbocycles. The monoisotopic (exact) mass is 502 g/mol. The van der Waals surface area contributed by atoms with Gasteiger partial charge in [-0.1, -0.05) is 41.9 Å². The van der Waals surface area contributed by atoms with E-state index < -0.39 is 16.6 Å². The van der Waals surface area contributed by atoms with E-state index in [0.29, 0.717) is 5.69 Å². The van der Waals surface area contributed by atoms with Gasteiger partial charge in [0, 0.05) is 46.2 Å². The summed E-state index contributed by atoms with van der Waals surface area (Å²) in [4.78, 5) is 42.1. The zero-order valence-electron chi connectivity index (χ0n) is 17.8. The molecule has 2 aromatic heterocycles. The lowest BCUT2D eigenvalue weighted by Gasteiger charge is -2.10. The average Bonchev–Trinajstić information content (AvgIpc) is 3.47. The van der Waals surface area contributed by atoms with Gasteiger partial charge in [0.2, 0.25) is 0 Å². The average molecular weight is 503 g/mol. The zero-order chi connectivity index (χ0) is 24.5. The van der Waals surface area contributed by atoms with Gasteiger partial charge < -0.3 is 5.32 Å². The SMILES string of the molecule is O=C(Nc1ccc(-c2cn3ccsc3n2)cc1)c1ccccc1C(=O)c1ccc(Cl)c([N+](=O)[O-])c1. The number of benzene rings is 3. The minimum atomic E-state index is -0.658. The number of ketones is 1. The summed E-state index contributed by atoms with van der Waals surface area (Å²) in [5.41, 5.74) is 2.22. The highest BCUT2D eigenvalue weighted by Gasteiger charge is 2.21. The van der Waals surface area contributed by atoms with Crippen LogP contribution in [-0.4, -0.2) is 26.0 Å². The predicted molar refractivity (Wildman–Crippen MR) is 134 cm³/mol. The van der Waals surface area contributed by atoms with Gasteiger partial charge in [-0.25, -0.2) is 4.98 Å². The van der Waals surface area contributed by atoms with Crippen LogP contribution in [0.2, 0.25) is 5.02 Å². The van der Waals surface area contributed by atoms with E-state index in [1.54, 1.807) is 35.6 Å². The maximum Gasteiger partial charge on any atom is 0.288 e. The molecule has 5 rings (SSSR count). The van der Waals surface area contributed by atoms with Crippen molar-refractivity contribution in [2.24, 2.45) is 0 Å². The molecule has 0 aliphatic carbocycles. The molecule has 0 atom stereocenters. The largest absolute Gasteiger partial charge is 0.322 e. The molecule has 0 bridgehead atoms. The topological polar surface area (TPSA) is 107 Å². The van der Waals surface area contributed by atoms with Gasteiger partial charge in [-0.2, -0.15) is 0 Å².